The van der Waals surface area contributed by atoms with Crippen LogP contribution < -0.4 is 0 Å². The molecule has 3 heteroatoms. The second-order valence-electron chi connectivity index (χ2n) is 5.21. The van der Waals surface area contributed by atoms with E-state index in [1.54, 1.807) is 0 Å². The maximum atomic E-state index is 8.91. The van der Waals surface area contributed by atoms with Crippen molar-refractivity contribution in [2.45, 2.75) is 38.6 Å². The number of nitrogens with zero attached hydrogens (tertiary/aromatic N) is 3. The molecule has 0 saturated carbocycles. The van der Waals surface area contributed by atoms with Gasteiger partial charge in [-0.25, -0.2) is 0 Å². The molecule has 2 aliphatic heterocycles. The molecule has 0 aromatic carbocycles. The molecule has 0 N–H and O–H groups in total. The van der Waals surface area contributed by atoms with Gasteiger partial charge >= 0.3 is 0 Å². The fraction of sp³-hybridized carbons (Fsp3) is 0.923. The van der Waals surface area contributed by atoms with E-state index in [1.807, 2.05) is 0 Å². The minimum Gasteiger partial charge on any atom is -0.302 e. The van der Waals surface area contributed by atoms with Gasteiger partial charge in [0.2, 0.25) is 0 Å². The summed E-state index contributed by atoms with van der Waals surface area (Å²) in [5.41, 5.74) is 0. The van der Waals surface area contributed by atoms with Crippen molar-refractivity contribution >= 4 is 0 Å². The van der Waals surface area contributed by atoms with Crippen LogP contribution in [0.2, 0.25) is 0 Å². The second kappa shape index (κ2) is 5.65. The van der Waals surface area contributed by atoms with Gasteiger partial charge in [0.15, 0.2) is 0 Å². The summed E-state index contributed by atoms with van der Waals surface area (Å²) in [6.45, 7) is 8.18. The molecule has 2 heterocycles. The summed E-state index contributed by atoms with van der Waals surface area (Å²) in [6.07, 6.45) is 5.01. The van der Waals surface area contributed by atoms with Crippen molar-refractivity contribution in [3.8, 4) is 6.07 Å². The molecule has 2 saturated heterocycles. The fourth-order valence-corrected chi connectivity index (χ4v) is 2.92. The molecule has 2 unspecified atom stereocenters. The molecule has 2 atom stereocenters. The summed E-state index contributed by atoms with van der Waals surface area (Å²) in [5.74, 6) is 0.296. The van der Waals surface area contributed by atoms with E-state index in [2.05, 4.69) is 22.8 Å². The zero-order valence-corrected chi connectivity index (χ0v) is 10.4. The van der Waals surface area contributed by atoms with E-state index < -0.39 is 0 Å². The SMILES string of the molecule is CCCCN1CCC(N2CCC(C#N)C2)C1. The molecule has 0 aromatic heterocycles. The first-order chi connectivity index (χ1) is 7.83. The van der Waals surface area contributed by atoms with Crippen LogP contribution in [0.1, 0.15) is 32.6 Å². The van der Waals surface area contributed by atoms with E-state index in [1.165, 1.54) is 38.9 Å². The summed E-state index contributed by atoms with van der Waals surface area (Å²) in [5, 5.41) is 8.91. The lowest BCUT2D eigenvalue weighted by molar-refractivity contribution is 0.228. The van der Waals surface area contributed by atoms with Crippen LogP contribution in [-0.2, 0) is 0 Å². The highest BCUT2D eigenvalue weighted by atomic mass is 15.3. The van der Waals surface area contributed by atoms with Crippen molar-refractivity contribution < 1.29 is 0 Å². The number of likely N-dealkylation sites (tertiary alicyclic amines) is 2. The van der Waals surface area contributed by atoms with Gasteiger partial charge in [-0.1, -0.05) is 13.3 Å². The topological polar surface area (TPSA) is 30.3 Å². The number of hydrogen-bond acceptors (Lipinski definition) is 3. The first-order valence-corrected chi connectivity index (χ1v) is 6.69. The molecular formula is C13H23N3. The summed E-state index contributed by atoms with van der Waals surface area (Å²) < 4.78 is 0. The van der Waals surface area contributed by atoms with Gasteiger partial charge in [0.1, 0.15) is 0 Å². The lowest BCUT2D eigenvalue weighted by Crippen LogP contribution is -2.36. The Labute approximate surface area is 99.0 Å². The molecular weight excluding hydrogens is 198 g/mol. The molecule has 0 spiro atoms. The summed E-state index contributed by atoms with van der Waals surface area (Å²) in [7, 11) is 0. The minimum absolute atomic E-state index is 0.296. The third-order valence-electron chi connectivity index (χ3n) is 3.99. The van der Waals surface area contributed by atoms with Crippen molar-refractivity contribution in [3.63, 3.8) is 0 Å². The van der Waals surface area contributed by atoms with Crippen LogP contribution in [0.5, 0.6) is 0 Å². The smallest absolute Gasteiger partial charge is 0.0669 e. The minimum atomic E-state index is 0.296. The van der Waals surface area contributed by atoms with Gasteiger partial charge in [-0.15, -0.1) is 0 Å². The first-order valence-electron chi connectivity index (χ1n) is 6.69. The van der Waals surface area contributed by atoms with E-state index in [9.17, 15) is 0 Å². The highest BCUT2D eigenvalue weighted by molar-refractivity contribution is 4.95. The van der Waals surface area contributed by atoms with Gasteiger partial charge in [0, 0.05) is 19.1 Å². The lowest BCUT2D eigenvalue weighted by atomic mass is 10.1. The predicted molar refractivity (Wildman–Crippen MR) is 65.0 cm³/mol. The molecule has 2 fully saturated rings. The average molecular weight is 221 g/mol. The van der Waals surface area contributed by atoms with Crippen molar-refractivity contribution in [1.82, 2.24) is 9.80 Å². The van der Waals surface area contributed by atoms with E-state index in [-0.39, 0.29) is 0 Å². The quantitative estimate of drug-likeness (QED) is 0.724. The van der Waals surface area contributed by atoms with Gasteiger partial charge in [0.25, 0.3) is 0 Å². The molecule has 90 valence electrons. The van der Waals surface area contributed by atoms with Crippen molar-refractivity contribution in [2.75, 3.05) is 32.7 Å². The molecule has 3 nitrogen and oxygen atoms in total. The van der Waals surface area contributed by atoms with Crippen LogP contribution in [-0.4, -0.2) is 48.6 Å². The molecule has 2 aliphatic rings. The fourth-order valence-electron chi connectivity index (χ4n) is 2.92. The molecule has 2 rings (SSSR count). The maximum absolute atomic E-state index is 8.91. The van der Waals surface area contributed by atoms with E-state index in [0.717, 1.165) is 25.6 Å². The van der Waals surface area contributed by atoms with E-state index >= 15 is 0 Å². The average Bonchev–Trinajstić information content (AvgIpc) is 2.94. The third-order valence-corrected chi connectivity index (χ3v) is 3.99. The lowest BCUT2D eigenvalue weighted by Gasteiger charge is -2.23. The number of unbranched alkanes of at least 4 members (excludes halogenated alkanes) is 1. The number of rotatable bonds is 4. The van der Waals surface area contributed by atoms with Crippen molar-refractivity contribution in [1.29, 1.82) is 5.26 Å². The van der Waals surface area contributed by atoms with Crippen LogP contribution in [0.4, 0.5) is 0 Å². The highest BCUT2D eigenvalue weighted by Crippen LogP contribution is 2.23. The summed E-state index contributed by atoms with van der Waals surface area (Å²) in [6, 6.07) is 3.14. The predicted octanol–water partition coefficient (Wildman–Crippen LogP) is 1.71. The Morgan fingerprint density at radius 3 is 2.81 bits per heavy atom. The normalized spacial score (nSPS) is 32.0. The van der Waals surface area contributed by atoms with Crippen LogP contribution in [0.15, 0.2) is 0 Å². The Balaban J connectivity index is 1.74. The standard InChI is InChI=1S/C13H23N3/c1-2-3-6-15-7-5-13(11-15)16-8-4-12(9-14)10-16/h12-13H,2-8,10-11H2,1H3. The van der Waals surface area contributed by atoms with Crippen LogP contribution in [0, 0.1) is 17.2 Å². The highest BCUT2D eigenvalue weighted by Gasteiger charge is 2.32. The Hall–Kier alpha value is -0.590. The van der Waals surface area contributed by atoms with Crippen molar-refractivity contribution in [2.24, 2.45) is 5.92 Å². The molecule has 0 bridgehead atoms. The summed E-state index contributed by atoms with van der Waals surface area (Å²) in [4.78, 5) is 5.13. The van der Waals surface area contributed by atoms with Gasteiger partial charge in [-0.3, -0.25) is 4.90 Å². The van der Waals surface area contributed by atoms with Crippen molar-refractivity contribution in [3.05, 3.63) is 0 Å². The summed E-state index contributed by atoms with van der Waals surface area (Å²) >= 11 is 0. The molecule has 16 heavy (non-hydrogen) atoms. The van der Waals surface area contributed by atoms with Crippen LogP contribution in [0.3, 0.4) is 0 Å². The largest absolute Gasteiger partial charge is 0.302 e. The maximum Gasteiger partial charge on any atom is 0.0669 e. The monoisotopic (exact) mass is 221 g/mol. The molecule has 0 amide bonds. The van der Waals surface area contributed by atoms with Gasteiger partial charge in [0.05, 0.1) is 12.0 Å². The Bertz CT molecular complexity index is 258. The van der Waals surface area contributed by atoms with Crippen LogP contribution >= 0.6 is 0 Å². The zero-order valence-electron chi connectivity index (χ0n) is 10.4. The third kappa shape index (κ3) is 2.75. The van der Waals surface area contributed by atoms with E-state index in [0.29, 0.717) is 5.92 Å². The Morgan fingerprint density at radius 2 is 2.12 bits per heavy atom. The number of nitriles is 1. The molecule has 0 aromatic rings. The van der Waals surface area contributed by atoms with Gasteiger partial charge < -0.3 is 4.90 Å². The van der Waals surface area contributed by atoms with Gasteiger partial charge in [-0.2, -0.15) is 5.26 Å². The first kappa shape index (κ1) is 11.9. The molecule has 0 aliphatic carbocycles. The van der Waals surface area contributed by atoms with Crippen LogP contribution in [0.25, 0.3) is 0 Å². The second-order valence-corrected chi connectivity index (χ2v) is 5.21. The zero-order chi connectivity index (χ0) is 11.4. The Morgan fingerprint density at radius 1 is 1.25 bits per heavy atom. The van der Waals surface area contributed by atoms with E-state index in [4.69, 9.17) is 5.26 Å². The Kier molecular flexibility index (Phi) is 4.20. The molecule has 0 radical (unpaired) electrons. The van der Waals surface area contributed by atoms with Gasteiger partial charge in [-0.05, 0) is 38.9 Å². The number of hydrogen-bond donors (Lipinski definition) is 0.